The smallest absolute Gasteiger partial charge is 0.284 e. The Balaban J connectivity index is 1.77. The summed E-state index contributed by atoms with van der Waals surface area (Å²) in [7, 11) is 0. The predicted octanol–water partition coefficient (Wildman–Crippen LogP) is 1.66. The molecule has 0 aromatic carbocycles. The molecular formula is C11H12N4O2S. The molecule has 2 aromatic heterocycles. The van der Waals surface area contributed by atoms with E-state index in [0.29, 0.717) is 12.2 Å². The maximum absolute atomic E-state index is 5.61. The first kappa shape index (κ1) is 11.1. The van der Waals surface area contributed by atoms with Gasteiger partial charge in [0.15, 0.2) is 0 Å². The Kier molecular flexibility index (Phi) is 2.48. The van der Waals surface area contributed by atoms with Gasteiger partial charge in [0.1, 0.15) is 22.4 Å². The molecule has 0 fully saturated rings. The lowest BCUT2D eigenvalue weighted by Gasteiger charge is -2.20. The summed E-state index contributed by atoms with van der Waals surface area (Å²) in [5.74, 6) is -0.751. The molecule has 3 heterocycles. The molecule has 18 heavy (non-hydrogen) atoms. The van der Waals surface area contributed by atoms with Gasteiger partial charge in [-0.3, -0.25) is 4.68 Å². The number of nitrogens with zero attached hydrogens (tertiary/aromatic N) is 3. The maximum atomic E-state index is 5.61. The minimum atomic E-state index is -0.751. The highest BCUT2D eigenvalue weighted by atomic mass is 32.1. The Bertz CT molecular complexity index is 581. The molecule has 0 spiro atoms. The summed E-state index contributed by atoms with van der Waals surface area (Å²) in [4.78, 5) is 5.26. The van der Waals surface area contributed by atoms with E-state index >= 15 is 0 Å². The molecule has 3 rings (SSSR count). The van der Waals surface area contributed by atoms with Crippen LogP contribution < -0.4 is 5.73 Å². The van der Waals surface area contributed by atoms with Gasteiger partial charge in [-0.15, -0.1) is 11.3 Å². The summed E-state index contributed by atoms with van der Waals surface area (Å²) in [6.45, 7) is 2.45. The van der Waals surface area contributed by atoms with Crippen LogP contribution in [0.2, 0.25) is 0 Å². The van der Waals surface area contributed by atoms with Crippen molar-refractivity contribution in [1.82, 2.24) is 14.8 Å². The molecule has 0 unspecified atom stereocenters. The molecule has 2 N–H and O–H groups in total. The van der Waals surface area contributed by atoms with Crippen molar-refractivity contribution in [3.8, 4) is 0 Å². The number of anilines is 1. The highest BCUT2D eigenvalue weighted by molar-refractivity contribution is 7.11. The molecule has 1 aliphatic rings. The summed E-state index contributed by atoms with van der Waals surface area (Å²) in [5.41, 5.74) is 6.25. The quantitative estimate of drug-likeness (QED) is 0.912. The number of thiazole rings is 1. The highest BCUT2D eigenvalue weighted by Gasteiger charge is 2.34. The zero-order chi connectivity index (χ0) is 12.6. The Morgan fingerprint density at radius 3 is 2.83 bits per heavy atom. The minimum absolute atomic E-state index is 0.589. The predicted molar refractivity (Wildman–Crippen MR) is 66.5 cm³/mol. The number of hydrogen-bond donors (Lipinski definition) is 1. The third kappa shape index (κ3) is 1.92. The van der Waals surface area contributed by atoms with Gasteiger partial charge in [0.05, 0.1) is 18.4 Å². The minimum Gasteiger partial charge on any atom is -0.452 e. The van der Waals surface area contributed by atoms with Crippen molar-refractivity contribution < 1.29 is 9.47 Å². The van der Waals surface area contributed by atoms with Gasteiger partial charge in [-0.2, -0.15) is 5.10 Å². The fraction of sp³-hybridized carbons (Fsp3) is 0.273. The van der Waals surface area contributed by atoms with Gasteiger partial charge >= 0.3 is 0 Å². The van der Waals surface area contributed by atoms with Crippen molar-refractivity contribution in [3.05, 3.63) is 41.0 Å². The maximum Gasteiger partial charge on any atom is 0.284 e. The zero-order valence-electron chi connectivity index (χ0n) is 9.74. The van der Waals surface area contributed by atoms with Crippen molar-refractivity contribution in [2.24, 2.45) is 0 Å². The number of rotatable bonds is 3. The number of hydrogen-bond acceptors (Lipinski definition) is 6. The van der Waals surface area contributed by atoms with Gasteiger partial charge in [-0.1, -0.05) is 0 Å². The van der Waals surface area contributed by atoms with Crippen LogP contribution in [-0.4, -0.2) is 14.8 Å². The summed E-state index contributed by atoms with van der Waals surface area (Å²) in [6.07, 6.45) is 8.22. The fourth-order valence-electron chi connectivity index (χ4n) is 1.66. The number of aromatic nitrogens is 3. The van der Waals surface area contributed by atoms with Crippen molar-refractivity contribution in [3.63, 3.8) is 0 Å². The Hall–Kier alpha value is -2.02. The second-order valence-electron chi connectivity index (χ2n) is 4.04. The average molecular weight is 264 g/mol. The second kappa shape index (κ2) is 4.02. The Morgan fingerprint density at radius 1 is 1.39 bits per heavy atom. The summed E-state index contributed by atoms with van der Waals surface area (Å²) < 4.78 is 12.6. The molecule has 7 heteroatoms. The van der Waals surface area contributed by atoms with Crippen LogP contribution in [0.3, 0.4) is 0 Å². The topological polar surface area (TPSA) is 75.2 Å². The van der Waals surface area contributed by atoms with E-state index in [1.807, 2.05) is 6.92 Å². The van der Waals surface area contributed by atoms with Crippen LogP contribution in [0, 0.1) is 0 Å². The Labute approximate surface area is 108 Å². The molecule has 2 aromatic rings. The van der Waals surface area contributed by atoms with E-state index in [4.69, 9.17) is 15.2 Å². The van der Waals surface area contributed by atoms with Crippen LogP contribution in [0.4, 0.5) is 5.69 Å². The lowest BCUT2D eigenvalue weighted by molar-refractivity contribution is -0.130. The first-order chi connectivity index (χ1) is 8.66. The van der Waals surface area contributed by atoms with E-state index in [2.05, 4.69) is 10.1 Å². The van der Waals surface area contributed by atoms with Crippen LogP contribution >= 0.6 is 11.3 Å². The van der Waals surface area contributed by atoms with Crippen LogP contribution in [-0.2, 0) is 21.8 Å². The second-order valence-corrected chi connectivity index (χ2v) is 5.16. The van der Waals surface area contributed by atoms with E-state index < -0.39 is 5.79 Å². The molecule has 0 atom stereocenters. The van der Waals surface area contributed by atoms with Crippen LogP contribution in [0.1, 0.15) is 16.8 Å². The van der Waals surface area contributed by atoms with Crippen LogP contribution in [0.25, 0.3) is 0 Å². The van der Waals surface area contributed by atoms with E-state index in [9.17, 15) is 0 Å². The van der Waals surface area contributed by atoms with Crippen LogP contribution in [0.15, 0.2) is 31.1 Å². The Morgan fingerprint density at radius 2 is 2.17 bits per heavy atom. The number of nitrogens with two attached hydrogens (primary N) is 1. The molecule has 0 saturated heterocycles. The molecular weight excluding hydrogens is 252 g/mol. The first-order valence-corrected chi connectivity index (χ1v) is 6.21. The highest BCUT2D eigenvalue weighted by Crippen LogP contribution is 2.35. The first-order valence-electron chi connectivity index (χ1n) is 5.39. The molecule has 0 saturated carbocycles. The zero-order valence-corrected chi connectivity index (χ0v) is 10.6. The SMILES string of the molecule is CC1(c2cnc(Cn3cc(N)cn3)s2)OC=CO1. The molecule has 6 nitrogen and oxygen atoms in total. The van der Waals surface area contributed by atoms with Gasteiger partial charge in [0.2, 0.25) is 0 Å². The summed E-state index contributed by atoms with van der Waals surface area (Å²) >= 11 is 1.53. The lowest BCUT2D eigenvalue weighted by Crippen LogP contribution is -2.20. The van der Waals surface area contributed by atoms with Gasteiger partial charge < -0.3 is 15.2 Å². The monoisotopic (exact) mass is 264 g/mol. The molecule has 0 aliphatic carbocycles. The van der Waals surface area contributed by atoms with Crippen molar-refractivity contribution in [2.75, 3.05) is 5.73 Å². The van der Waals surface area contributed by atoms with E-state index in [-0.39, 0.29) is 0 Å². The number of ether oxygens (including phenoxy) is 2. The third-order valence-electron chi connectivity index (χ3n) is 2.59. The molecule has 94 valence electrons. The molecule has 0 amide bonds. The van der Waals surface area contributed by atoms with Gasteiger partial charge in [-0.05, 0) is 0 Å². The van der Waals surface area contributed by atoms with E-state index in [0.717, 1.165) is 9.88 Å². The lowest BCUT2D eigenvalue weighted by atomic mass is 10.3. The normalized spacial score (nSPS) is 16.5. The van der Waals surface area contributed by atoms with E-state index in [1.54, 1.807) is 23.3 Å². The van der Waals surface area contributed by atoms with Gasteiger partial charge in [0.25, 0.3) is 5.79 Å². The van der Waals surface area contributed by atoms with E-state index in [1.165, 1.54) is 23.9 Å². The summed E-state index contributed by atoms with van der Waals surface area (Å²) in [6, 6.07) is 0. The van der Waals surface area contributed by atoms with Crippen molar-refractivity contribution >= 4 is 17.0 Å². The van der Waals surface area contributed by atoms with Gasteiger partial charge in [-0.25, -0.2) is 4.98 Å². The van der Waals surface area contributed by atoms with Crippen molar-refractivity contribution in [1.29, 1.82) is 0 Å². The number of nitrogen functional groups attached to an aromatic ring is 1. The largest absolute Gasteiger partial charge is 0.452 e. The summed E-state index contributed by atoms with van der Waals surface area (Å²) in [5, 5.41) is 5.04. The fourth-order valence-corrected chi connectivity index (χ4v) is 2.60. The standard InChI is InChI=1S/C11H12N4O2S/c1-11(16-2-3-17-11)9-5-13-10(18-9)7-15-6-8(12)4-14-15/h2-6H,7,12H2,1H3. The molecule has 0 radical (unpaired) electrons. The van der Waals surface area contributed by atoms with Gasteiger partial charge in [0, 0.05) is 19.3 Å². The van der Waals surface area contributed by atoms with Crippen LogP contribution in [0.5, 0.6) is 0 Å². The molecule has 1 aliphatic heterocycles. The molecule has 0 bridgehead atoms. The van der Waals surface area contributed by atoms with Crippen molar-refractivity contribution in [2.45, 2.75) is 19.3 Å². The third-order valence-corrected chi connectivity index (χ3v) is 3.76. The average Bonchev–Trinajstić information content (AvgIpc) is 3.02.